The first kappa shape index (κ1) is 21.0. The summed E-state index contributed by atoms with van der Waals surface area (Å²) in [5.74, 6) is 0.157. The first-order valence-electron chi connectivity index (χ1n) is 8.08. The zero-order chi connectivity index (χ0) is 19.3. The molecule has 2 rings (SSSR count). The van der Waals surface area contributed by atoms with E-state index in [1.54, 1.807) is 18.6 Å². The molecule has 0 fully saturated rings. The summed E-state index contributed by atoms with van der Waals surface area (Å²) < 4.78 is 29.8. The number of hydrogen-bond acceptors (Lipinski definition) is 8. The van der Waals surface area contributed by atoms with Gasteiger partial charge in [-0.1, -0.05) is 6.92 Å². The predicted molar refractivity (Wildman–Crippen MR) is 100 cm³/mol. The van der Waals surface area contributed by atoms with Gasteiger partial charge in [0.1, 0.15) is 6.61 Å². The Hall–Kier alpha value is -1.26. The Morgan fingerprint density at radius 2 is 2.08 bits per heavy atom. The molecule has 0 aliphatic rings. The third-order valence-electron chi connectivity index (χ3n) is 3.60. The molecule has 0 saturated heterocycles. The van der Waals surface area contributed by atoms with Gasteiger partial charge in [0.2, 0.25) is 0 Å². The van der Waals surface area contributed by atoms with Gasteiger partial charge in [-0.15, -0.1) is 0 Å². The molecule has 0 bridgehead atoms. The van der Waals surface area contributed by atoms with Crippen molar-refractivity contribution in [3.63, 3.8) is 0 Å². The summed E-state index contributed by atoms with van der Waals surface area (Å²) in [6.07, 6.45) is 0.256. The molecule has 0 amide bonds. The number of aromatic nitrogens is 4. The van der Waals surface area contributed by atoms with Crippen LogP contribution in [0.4, 0.5) is 5.82 Å². The Morgan fingerprint density at radius 1 is 1.35 bits per heavy atom. The van der Waals surface area contributed by atoms with Crippen LogP contribution >= 0.6 is 23.5 Å². The van der Waals surface area contributed by atoms with E-state index in [0.717, 1.165) is 0 Å². The second-order valence-electron chi connectivity index (χ2n) is 5.62. The van der Waals surface area contributed by atoms with Crippen molar-refractivity contribution < 1.29 is 23.5 Å². The molecule has 2 unspecified atom stereocenters. The lowest BCUT2D eigenvalue weighted by molar-refractivity contribution is 0.141. The number of ether oxygens (including phenoxy) is 2. The Bertz CT molecular complexity index is 802. The van der Waals surface area contributed by atoms with Crippen LogP contribution in [0.1, 0.15) is 20.3 Å². The highest BCUT2D eigenvalue weighted by Crippen LogP contribution is 2.44. The summed E-state index contributed by atoms with van der Waals surface area (Å²) in [4.78, 5) is 22.6. The van der Waals surface area contributed by atoms with Crippen molar-refractivity contribution in [2.24, 2.45) is 0 Å². The van der Waals surface area contributed by atoms with Gasteiger partial charge in [-0.25, -0.2) is 4.98 Å². The Kier molecular flexibility index (Phi) is 7.36. The molecule has 0 aliphatic heterocycles. The lowest BCUT2D eigenvalue weighted by atomic mass is 10.3. The summed E-state index contributed by atoms with van der Waals surface area (Å²) in [6, 6.07) is 0.0868. The van der Waals surface area contributed by atoms with E-state index in [1.807, 2.05) is 6.92 Å². The molecule has 0 aliphatic carbocycles. The number of anilines is 1. The minimum Gasteiger partial charge on any atom is -0.461 e. The molecule has 26 heavy (non-hydrogen) atoms. The van der Waals surface area contributed by atoms with Crippen molar-refractivity contribution >= 4 is 40.5 Å². The fourth-order valence-corrected chi connectivity index (χ4v) is 3.88. The van der Waals surface area contributed by atoms with Gasteiger partial charge in [0.25, 0.3) is 0 Å². The van der Waals surface area contributed by atoms with Crippen molar-refractivity contribution in [2.75, 3.05) is 32.2 Å². The van der Waals surface area contributed by atoms with Crippen LogP contribution in [0.5, 0.6) is 6.01 Å². The number of halogens is 1. The zero-order valence-corrected chi connectivity index (χ0v) is 17.4. The van der Waals surface area contributed by atoms with Gasteiger partial charge in [0.15, 0.2) is 21.7 Å². The van der Waals surface area contributed by atoms with E-state index in [9.17, 15) is 9.46 Å². The van der Waals surface area contributed by atoms with Gasteiger partial charge < -0.3 is 29.2 Å². The van der Waals surface area contributed by atoms with E-state index in [2.05, 4.69) is 30.9 Å². The highest BCUT2D eigenvalue weighted by atomic mass is 79.9. The smallest absolute Gasteiger partial charge is 0.330 e. The van der Waals surface area contributed by atoms with E-state index in [-0.39, 0.29) is 37.2 Å². The molecule has 0 aromatic carbocycles. The molecular weight excluding hydrogens is 429 g/mol. The van der Waals surface area contributed by atoms with E-state index in [0.29, 0.717) is 28.9 Å². The van der Waals surface area contributed by atoms with Crippen LogP contribution < -0.4 is 10.5 Å². The molecule has 2 aromatic heterocycles. The fraction of sp³-hybridized carbons (Fsp3) is 0.643. The summed E-state index contributed by atoms with van der Waals surface area (Å²) >= 11 is 3.32. The van der Waals surface area contributed by atoms with Crippen LogP contribution in [0.15, 0.2) is 4.73 Å². The van der Waals surface area contributed by atoms with Gasteiger partial charge in [-0.05, 0) is 29.3 Å². The van der Waals surface area contributed by atoms with Crippen molar-refractivity contribution in [1.29, 1.82) is 0 Å². The molecule has 0 spiro atoms. The van der Waals surface area contributed by atoms with Crippen molar-refractivity contribution in [3.05, 3.63) is 4.73 Å². The maximum atomic E-state index is 12.2. The van der Waals surface area contributed by atoms with E-state index < -0.39 is 7.60 Å². The van der Waals surface area contributed by atoms with E-state index in [4.69, 9.17) is 19.7 Å². The minimum atomic E-state index is -3.74. The number of nitrogens with two attached hydrogens (primary N) is 1. The molecule has 2 heterocycles. The van der Waals surface area contributed by atoms with Crippen LogP contribution in [0.3, 0.4) is 0 Å². The molecular formula is C14H23BrN5O5P. The van der Waals surface area contributed by atoms with E-state index in [1.165, 1.54) is 0 Å². The molecule has 10 nitrogen and oxygen atoms in total. The molecule has 146 valence electrons. The average Bonchev–Trinajstić information content (AvgIpc) is 2.89. The second kappa shape index (κ2) is 9.09. The fourth-order valence-electron chi connectivity index (χ4n) is 2.09. The van der Waals surface area contributed by atoms with Crippen LogP contribution in [0, 0.1) is 0 Å². The quantitative estimate of drug-likeness (QED) is 0.316. The summed E-state index contributed by atoms with van der Waals surface area (Å²) in [5, 5.41) is 0. The average molecular weight is 452 g/mol. The first-order valence-corrected chi connectivity index (χ1v) is 10.6. The topological polar surface area (TPSA) is 135 Å². The highest BCUT2D eigenvalue weighted by Gasteiger charge is 2.24. The Labute approximate surface area is 159 Å². The standard InChI is InChI=1S/C14H23BrN5O5P/c1-4-9(2)25-26(21,22)8-5-20-12-10(17-13(20)15)11(16)18-14(19-12)24-7-6-23-3/h9H,4-8H2,1-3H3,(H,21,22)(H2,16,18,19). The lowest BCUT2D eigenvalue weighted by Gasteiger charge is -2.17. The molecule has 0 radical (unpaired) electrons. The Balaban J connectivity index is 2.23. The van der Waals surface area contributed by atoms with Crippen LogP contribution in [0.2, 0.25) is 0 Å². The molecule has 0 saturated carbocycles. The molecule has 3 N–H and O–H groups in total. The molecule has 12 heteroatoms. The van der Waals surface area contributed by atoms with Gasteiger partial charge >= 0.3 is 13.6 Å². The first-order chi connectivity index (χ1) is 12.3. The third-order valence-corrected chi connectivity index (χ3v) is 5.66. The monoisotopic (exact) mass is 451 g/mol. The summed E-state index contributed by atoms with van der Waals surface area (Å²) in [5.41, 5.74) is 6.71. The Morgan fingerprint density at radius 3 is 2.73 bits per heavy atom. The highest BCUT2D eigenvalue weighted by molar-refractivity contribution is 9.10. The number of nitrogen functional groups attached to an aromatic ring is 1. The zero-order valence-electron chi connectivity index (χ0n) is 14.9. The van der Waals surface area contributed by atoms with Gasteiger partial charge in [-0.3, -0.25) is 4.57 Å². The number of aryl methyl sites for hydroxylation is 1. The maximum Gasteiger partial charge on any atom is 0.330 e. The maximum absolute atomic E-state index is 12.2. The summed E-state index contributed by atoms with van der Waals surface area (Å²) in [6.45, 7) is 4.45. The van der Waals surface area contributed by atoms with E-state index >= 15 is 0 Å². The SMILES string of the molecule is CCC(C)OP(=O)(O)CCn1c(Br)nc2c(N)nc(OCCOC)nc21. The van der Waals surface area contributed by atoms with Gasteiger partial charge in [-0.2, -0.15) is 9.97 Å². The molecule has 2 atom stereocenters. The van der Waals surface area contributed by atoms with Crippen LogP contribution in [-0.4, -0.2) is 57.0 Å². The van der Waals surface area contributed by atoms with Gasteiger partial charge in [0, 0.05) is 13.7 Å². The second-order valence-corrected chi connectivity index (χ2v) is 8.26. The number of methoxy groups -OCH3 is 1. The van der Waals surface area contributed by atoms with Crippen molar-refractivity contribution in [3.8, 4) is 6.01 Å². The third kappa shape index (κ3) is 5.37. The number of rotatable bonds is 10. The largest absolute Gasteiger partial charge is 0.461 e. The summed E-state index contributed by atoms with van der Waals surface area (Å²) in [7, 11) is -2.18. The van der Waals surface area contributed by atoms with Crippen LogP contribution in [-0.2, 0) is 20.4 Å². The normalized spacial score (nSPS) is 15.1. The van der Waals surface area contributed by atoms with Crippen molar-refractivity contribution in [2.45, 2.75) is 32.9 Å². The number of hydrogen-bond donors (Lipinski definition) is 2. The lowest BCUT2D eigenvalue weighted by Crippen LogP contribution is -2.11. The number of fused-ring (bicyclic) bond motifs is 1. The number of imidazole rings is 1. The predicted octanol–water partition coefficient (Wildman–Crippen LogP) is 2.20. The number of nitrogens with zero attached hydrogens (tertiary/aromatic N) is 4. The van der Waals surface area contributed by atoms with Crippen molar-refractivity contribution in [1.82, 2.24) is 19.5 Å². The van der Waals surface area contributed by atoms with Crippen LogP contribution in [0.25, 0.3) is 11.2 Å². The minimum absolute atomic E-state index is 0.0868. The van der Waals surface area contributed by atoms with Gasteiger partial charge in [0.05, 0.1) is 18.9 Å². The molecule has 2 aromatic rings.